The fourth-order valence-corrected chi connectivity index (χ4v) is 1.67. The molecule has 0 bridgehead atoms. The minimum absolute atomic E-state index is 0.144. The first-order chi connectivity index (χ1) is 4.75. The molecule has 0 radical (unpaired) electrons. The minimum Gasteiger partial charge on any atom is -0.392 e. The fraction of sp³-hybridized carbons (Fsp3) is 0.250. The van der Waals surface area contributed by atoms with Crippen molar-refractivity contribution < 1.29 is 5.11 Å². The Balaban J connectivity index is 3.17. The van der Waals surface area contributed by atoms with E-state index < -0.39 is 0 Å². The van der Waals surface area contributed by atoms with Crippen molar-refractivity contribution in [1.82, 2.24) is 0 Å². The van der Waals surface area contributed by atoms with Crippen LogP contribution in [0.3, 0.4) is 0 Å². The third kappa shape index (κ3) is 1.49. The van der Waals surface area contributed by atoms with Crippen molar-refractivity contribution in [2.24, 2.45) is 0 Å². The molecule has 2 heteroatoms. The molecular formula is C8H9IO. The molecule has 0 unspecified atom stereocenters. The second-order valence-corrected chi connectivity index (χ2v) is 3.36. The summed E-state index contributed by atoms with van der Waals surface area (Å²) in [5, 5.41) is 8.89. The molecule has 0 spiro atoms. The number of halogens is 1. The van der Waals surface area contributed by atoms with Crippen LogP contribution in [-0.2, 0) is 6.61 Å². The summed E-state index contributed by atoms with van der Waals surface area (Å²) in [6, 6.07) is 6.00. The zero-order chi connectivity index (χ0) is 7.56. The number of aliphatic hydroxyl groups is 1. The number of hydrogen-bond acceptors (Lipinski definition) is 1. The van der Waals surface area contributed by atoms with Gasteiger partial charge in [-0.05, 0) is 46.7 Å². The quantitative estimate of drug-likeness (QED) is 0.754. The number of rotatable bonds is 1. The van der Waals surface area contributed by atoms with Crippen LogP contribution in [-0.4, -0.2) is 5.11 Å². The SMILES string of the molecule is Cc1cccc(I)c1CO. The van der Waals surface area contributed by atoms with E-state index in [4.69, 9.17) is 5.11 Å². The van der Waals surface area contributed by atoms with Gasteiger partial charge in [0.2, 0.25) is 0 Å². The lowest BCUT2D eigenvalue weighted by molar-refractivity contribution is 0.280. The maximum absolute atomic E-state index is 8.89. The lowest BCUT2D eigenvalue weighted by Gasteiger charge is -2.02. The molecule has 0 fully saturated rings. The molecule has 0 aromatic heterocycles. The van der Waals surface area contributed by atoms with Gasteiger partial charge in [-0.3, -0.25) is 0 Å². The zero-order valence-corrected chi connectivity index (χ0v) is 7.92. The first-order valence-electron chi connectivity index (χ1n) is 3.10. The van der Waals surface area contributed by atoms with Gasteiger partial charge in [0.1, 0.15) is 0 Å². The van der Waals surface area contributed by atoms with Gasteiger partial charge in [0.05, 0.1) is 6.61 Å². The highest BCUT2D eigenvalue weighted by Gasteiger charge is 1.99. The summed E-state index contributed by atoms with van der Waals surface area (Å²) in [5.74, 6) is 0. The first kappa shape index (κ1) is 8.01. The van der Waals surface area contributed by atoms with Crippen LogP contribution in [0.5, 0.6) is 0 Å². The number of benzene rings is 1. The van der Waals surface area contributed by atoms with Crippen molar-refractivity contribution in [3.05, 3.63) is 32.9 Å². The third-order valence-corrected chi connectivity index (χ3v) is 2.52. The van der Waals surface area contributed by atoms with Crippen LogP contribution in [0.25, 0.3) is 0 Å². The minimum atomic E-state index is 0.144. The summed E-state index contributed by atoms with van der Waals surface area (Å²) >= 11 is 2.23. The van der Waals surface area contributed by atoms with Gasteiger partial charge in [-0.1, -0.05) is 12.1 Å². The van der Waals surface area contributed by atoms with Crippen molar-refractivity contribution in [1.29, 1.82) is 0 Å². The van der Waals surface area contributed by atoms with E-state index in [-0.39, 0.29) is 6.61 Å². The highest BCUT2D eigenvalue weighted by atomic mass is 127. The van der Waals surface area contributed by atoms with E-state index in [2.05, 4.69) is 22.6 Å². The predicted molar refractivity (Wildman–Crippen MR) is 49.8 cm³/mol. The van der Waals surface area contributed by atoms with Crippen molar-refractivity contribution in [3.63, 3.8) is 0 Å². The lowest BCUT2D eigenvalue weighted by Crippen LogP contribution is -1.91. The summed E-state index contributed by atoms with van der Waals surface area (Å²) in [7, 11) is 0. The summed E-state index contributed by atoms with van der Waals surface area (Å²) in [6.45, 7) is 2.15. The molecule has 0 heterocycles. The fourth-order valence-electron chi connectivity index (χ4n) is 0.867. The van der Waals surface area contributed by atoms with Crippen LogP contribution < -0.4 is 0 Å². The van der Waals surface area contributed by atoms with Crippen molar-refractivity contribution in [2.45, 2.75) is 13.5 Å². The molecule has 0 aliphatic heterocycles. The van der Waals surface area contributed by atoms with Gasteiger partial charge in [0, 0.05) is 3.57 Å². The molecule has 1 nitrogen and oxygen atoms in total. The maximum atomic E-state index is 8.89. The molecule has 0 saturated heterocycles. The number of aryl methyl sites for hydroxylation is 1. The van der Waals surface area contributed by atoms with Gasteiger partial charge in [-0.15, -0.1) is 0 Å². The molecule has 1 rings (SSSR count). The van der Waals surface area contributed by atoms with Gasteiger partial charge < -0.3 is 5.11 Å². The molecule has 0 atom stereocenters. The summed E-state index contributed by atoms with van der Waals surface area (Å²) < 4.78 is 1.14. The Morgan fingerprint density at radius 2 is 2.20 bits per heavy atom. The van der Waals surface area contributed by atoms with Crippen LogP contribution in [0, 0.1) is 10.5 Å². The zero-order valence-electron chi connectivity index (χ0n) is 5.76. The average molecular weight is 248 g/mol. The van der Waals surface area contributed by atoms with E-state index in [1.807, 2.05) is 25.1 Å². The lowest BCUT2D eigenvalue weighted by atomic mass is 10.1. The molecule has 0 aliphatic carbocycles. The van der Waals surface area contributed by atoms with Crippen LogP contribution >= 0.6 is 22.6 Å². The van der Waals surface area contributed by atoms with Gasteiger partial charge in [0.25, 0.3) is 0 Å². The van der Waals surface area contributed by atoms with E-state index in [0.717, 1.165) is 14.7 Å². The molecule has 1 N–H and O–H groups in total. The largest absolute Gasteiger partial charge is 0.392 e. The van der Waals surface area contributed by atoms with Crippen LogP contribution in [0.1, 0.15) is 11.1 Å². The topological polar surface area (TPSA) is 20.2 Å². The Morgan fingerprint density at radius 3 is 2.60 bits per heavy atom. The second-order valence-electron chi connectivity index (χ2n) is 2.19. The second kappa shape index (κ2) is 3.34. The molecule has 0 amide bonds. The van der Waals surface area contributed by atoms with E-state index in [1.165, 1.54) is 0 Å². The summed E-state index contributed by atoms with van der Waals surface area (Å²) in [4.78, 5) is 0. The van der Waals surface area contributed by atoms with Gasteiger partial charge in [-0.2, -0.15) is 0 Å². The first-order valence-corrected chi connectivity index (χ1v) is 4.18. The smallest absolute Gasteiger partial charge is 0.0694 e. The van der Waals surface area contributed by atoms with E-state index in [1.54, 1.807) is 0 Å². The van der Waals surface area contributed by atoms with E-state index >= 15 is 0 Å². The maximum Gasteiger partial charge on any atom is 0.0694 e. The van der Waals surface area contributed by atoms with Crippen molar-refractivity contribution in [3.8, 4) is 0 Å². The molecule has 54 valence electrons. The molecule has 0 aliphatic rings. The third-order valence-electron chi connectivity index (χ3n) is 1.51. The summed E-state index contributed by atoms with van der Waals surface area (Å²) in [6.07, 6.45) is 0. The standard InChI is InChI=1S/C8H9IO/c1-6-3-2-4-8(9)7(6)5-10/h2-4,10H,5H2,1H3. The Bertz CT molecular complexity index is 212. The highest BCUT2D eigenvalue weighted by Crippen LogP contribution is 2.15. The summed E-state index contributed by atoms with van der Waals surface area (Å²) in [5.41, 5.74) is 2.21. The van der Waals surface area contributed by atoms with Gasteiger partial charge in [-0.25, -0.2) is 0 Å². The molecule has 0 saturated carbocycles. The average Bonchev–Trinajstić information content (AvgIpc) is 1.88. The molecule has 1 aromatic rings. The van der Waals surface area contributed by atoms with E-state index in [9.17, 15) is 0 Å². The predicted octanol–water partition coefficient (Wildman–Crippen LogP) is 2.09. The molecule has 1 aromatic carbocycles. The Hall–Kier alpha value is -0.0900. The Kier molecular flexibility index (Phi) is 2.68. The monoisotopic (exact) mass is 248 g/mol. The highest BCUT2D eigenvalue weighted by molar-refractivity contribution is 14.1. The molecule has 10 heavy (non-hydrogen) atoms. The van der Waals surface area contributed by atoms with Crippen LogP contribution in [0.15, 0.2) is 18.2 Å². The van der Waals surface area contributed by atoms with E-state index in [0.29, 0.717) is 0 Å². The van der Waals surface area contributed by atoms with Crippen LogP contribution in [0.4, 0.5) is 0 Å². The van der Waals surface area contributed by atoms with Gasteiger partial charge >= 0.3 is 0 Å². The van der Waals surface area contributed by atoms with Gasteiger partial charge in [0.15, 0.2) is 0 Å². The Morgan fingerprint density at radius 1 is 1.50 bits per heavy atom. The number of hydrogen-bond donors (Lipinski definition) is 1. The normalized spacial score (nSPS) is 9.90. The number of aliphatic hydroxyl groups excluding tert-OH is 1. The van der Waals surface area contributed by atoms with Crippen LogP contribution in [0.2, 0.25) is 0 Å². The molecular weight excluding hydrogens is 239 g/mol. The Labute approximate surface area is 74.2 Å². The van der Waals surface area contributed by atoms with Crippen molar-refractivity contribution in [2.75, 3.05) is 0 Å². The van der Waals surface area contributed by atoms with Crippen molar-refractivity contribution >= 4 is 22.6 Å².